The van der Waals surface area contributed by atoms with E-state index in [2.05, 4.69) is 16.7 Å². The Morgan fingerprint density at radius 2 is 1.88 bits per heavy atom. The molecule has 0 aliphatic carbocycles. The third-order valence-electron chi connectivity index (χ3n) is 4.48. The summed E-state index contributed by atoms with van der Waals surface area (Å²) < 4.78 is 5.29. The summed E-state index contributed by atoms with van der Waals surface area (Å²) in [5.41, 5.74) is -0.0267. The van der Waals surface area contributed by atoms with Crippen LogP contribution in [-0.4, -0.2) is 57.6 Å². The monoisotopic (exact) mass is 477 g/mol. The van der Waals surface area contributed by atoms with Gasteiger partial charge in [-0.2, -0.15) is 11.8 Å². The normalized spacial score (nSPS) is 12.9. The van der Waals surface area contributed by atoms with E-state index >= 15 is 0 Å². The highest BCUT2D eigenvalue weighted by Crippen LogP contribution is 2.32. The van der Waals surface area contributed by atoms with Crippen molar-refractivity contribution < 1.29 is 24.2 Å². The fraction of sp³-hybridized carbons (Fsp3) is 0.542. The SMILES string of the molecule is C#CN(C(=O)C(CCSC)NC(=O)OC(C)(C)C)C(C(=O)NC(C)C)c1cccc(C)c1O. The molecule has 0 aromatic heterocycles. The Morgan fingerprint density at radius 1 is 1.24 bits per heavy atom. The zero-order valence-corrected chi connectivity index (χ0v) is 21.2. The molecular formula is C24H35N3O5S. The molecule has 1 rings (SSSR count). The topological polar surface area (TPSA) is 108 Å². The van der Waals surface area contributed by atoms with E-state index in [1.807, 2.05) is 6.26 Å². The van der Waals surface area contributed by atoms with Crippen molar-refractivity contribution in [1.82, 2.24) is 15.5 Å². The van der Waals surface area contributed by atoms with Gasteiger partial charge in [0.25, 0.3) is 5.91 Å². The van der Waals surface area contributed by atoms with Crippen molar-refractivity contribution in [3.05, 3.63) is 29.3 Å². The van der Waals surface area contributed by atoms with Gasteiger partial charge in [-0.25, -0.2) is 4.79 Å². The third kappa shape index (κ3) is 8.54. The minimum atomic E-state index is -1.29. The number of hydrogen-bond acceptors (Lipinski definition) is 6. The number of benzene rings is 1. The Hall–Kier alpha value is -2.86. The number of aryl methyl sites for hydroxylation is 1. The molecule has 2 unspecified atom stereocenters. The molecule has 0 saturated heterocycles. The van der Waals surface area contributed by atoms with Gasteiger partial charge in [0.1, 0.15) is 17.4 Å². The van der Waals surface area contributed by atoms with Crippen LogP contribution in [0.15, 0.2) is 18.2 Å². The van der Waals surface area contributed by atoms with Crippen LogP contribution in [0.1, 0.15) is 58.2 Å². The maximum Gasteiger partial charge on any atom is 0.408 e. The maximum absolute atomic E-state index is 13.5. The van der Waals surface area contributed by atoms with Gasteiger partial charge in [-0.3, -0.25) is 14.5 Å². The molecule has 0 bridgehead atoms. The molecule has 0 fully saturated rings. The van der Waals surface area contributed by atoms with E-state index in [0.29, 0.717) is 11.3 Å². The van der Waals surface area contributed by atoms with Gasteiger partial charge in [0, 0.05) is 17.6 Å². The first-order valence-electron chi connectivity index (χ1n) is 10.7. The van der Waals surface area contributed by atoms with Gasteiger partial charge in [0.15, 0.2) is 6.04 Å². The summed E-state index contributed by atoms with van der Waals surface area (Å²) in [6.45, 7) is 10.4. The quantitative estimate of drug-likeness (QED) is 0.372. The number of phenols is 1. The highest BCUT2D eigenvalue weighted by atomic mass is 32.2. The number of nitrogens with zero attached hydrogens (tertiary/aromatic N) is 1. The fourth-order valence-corrected chi connectivity index (χ4v) is 3.51. The molecule has 3 amide bonds. The average molecular weight is 478 g/mol. The van der Waals surface area contributed by atoms with Gasteiger partial charge in [0.2, 0.25) is 5.91 Å². The number of amides is 3. The summed E-state index contributed by atoms with van der Waals surface area (Å²) in [7, 11) is 0. The average Bonchev–Trinajstić information content (AvgIpc) is 2.69. The zero-order valence-electron chi connectivity index (χ0n) is 20.4. The van der Waals surface area contributed by atoms with Crippen LogP contribution in [0.2, 0.25) is 0 Å². The standard InChI is InChI=1S/C24H35N3O5S/c1-9-27(22(30)18(13-14-33-8)26-23(31)32-24(5,6)7)19(21(29)25-15(2)3)17-12-10-11-16(4)20(17)28/h1,10-12,15,18-19,28H,13-14H2,2-8H3,(H,25,29)(H,26,31). The van der Waals surface area contributed by atoms with E-state index < -0.39 is 35.6 Å². The Balaban J connectivity index is 3.41. The molecule has 0 saturated carbocycles. The highest BCUT2D eigenvalue weighted by Gasteiger charge is 2.37. The number of thioether (sulfide) groups is 1. The van der Waals surface area contributed by atoms with Gasteiger partial charge >= 0.3 is 6.09 Å². The van der Waals surface area contributed by atoms with Gasteiger partial charge in [-0.05, 0) is 65.5 Å². The minimum Gasteiger partial charge on any atom is -0.507 e. The van der Waals surface area contributed by atoms with Gasteiger partial charge in [-0.1, -0.05) is 24.6 Å². The van der Waals surface area contributed by atoms with Gasteiger partial charge in [0.05, 0.1) is 0 Å². The first-order valence-corrected chi connectivity index (χ1v) is 12.1. The van der Waals surface area contributed by atoms with Crippen molar-refractivity contribution in [3.63, 3.8) is 0 Å². The minimum absolute atomic E-state index is 0.129. The van der Waals surface area contributed by atoms with Crippen molar-refractivity contribution in [1.29, 1.82) is 0 Å². The van der Waals surface area contributed by atoms with Crippen LogP contribution >= 0.6 is 11.8 Å². The number of carbonyl (C=O) groups excluding carboxylic acids is 3. The summed E-state index contributed by atoms with van der Waals surface area (Å²) >= 11 is 1.50. The summed E-state index contributed by atoms with van der Waals surface area (Å²) in [4.78, 5) is 40.0. The van der Waals surface area contributed by atoms with Crippen LogP contribution in [-0.2, 0) is 14.3 Å². The predicted molar refractivity (Wildman–Crippen MR) is 131 cm³/mol. The molecule has 0 spiro atoms. The van der Waals surface area contributed by atoms with Crippen LogP contribution in [0.5, 0.6) is 5.75 Å². The van der Waals surface area contributed by atoms with Crippen LogP contribution in [0.4, 0.5) is 4.79 Å². The van der Waals surface area contributed by atoms with E-state index in [1.54, 1.807) is 59.7 Å². The third-order valence-corrected chi connectivity index (χ3v) is 5.12. The lowest BCUT2D eigenvalue weighted by Crippen LogP contribution is -2.52. The molecule has 9 heteroatoms. The fourth-order valence-electron chi connectivity index (χ4n) is 3.04. The number of hydrogen-bond donors (Lipinski definition) is 3. The molecule has 1 aromatic rings. The zero-order chi connectivity index (χ0) is 25.3. The van der Waals surface area contributed by atoms with Crippen molar-refractivity contribution in [3.8, 4) is 18.2 Å². The molecular weight excluding hydrogens is 442 g/mol. The van der Waals surface area contributed by atoms with E-state index in [4.69, 9.17) is 11.2 Å². The molecule has 2 atom stereocenters. The van der Waals surface area contributed by atoms with E-state index in [1.165, 1.54) is 11.8 Å². The number of terminal acetylenes is 1. The summed E-state index contributed by atoms with van der Waals surface area (Å²) in [5, 5.41) is 16.0. The summed E-state index contributed by atoms with van der Waals surface area (Å²) in [5.74, 6) is -0.765. The Bertz CT molecular complexity index is 889. The van der Waals surface area contributed by atoms with Crippen LogP contribution in [0, 0.1) is 19.4 Å². The second kappa shape index (κ2) is 12.4. The number of aromatic hydroxyl groups is 1. The molecule has 0 heterocycles. The molecule has 3 N–H and O–H groups in total. The van der Waals surface area contributed by atoms with Crippen molar-refractivity contribution >= 4 is 29.7 Å². The number of alkyl carbamates (subject to hydrolysis) is 1. The van der Waals surface area contributed by atoms with Crippen LogP contribution in [0.3, 0.4) is 0 Å². The lowest BCUT2D eigenvalue weighted by molar-refractivity contribution is -0.138. The van der Waals surface area contributed by atoms with Gasteiger partial charge in [-0.15, -0.1) is 0 Å². The number of para-hydroxylation sites is 1. The molecule has 0 aliphatic heterocycles. The number of rotatable bonds is 9. The first kappa shape index (κ1) is 28.2. The summed E-state index contributed by atoms with van der Waals surface area (Å²) in [6.07, 6.45) is 7.09. The van der Waals surface area contributed by atoms with Crippen molar-refractivity contribution in [2.75, 3.05) is 12.0 Å². The van der Waals surface area contributed by atoms with Gasteiger partial charge < -0.3 is 20.5 Å². The second-order valence-corrected chi connectivity index (χ2v) is 9.88. The smallest absolute Gasteiger partial charge is 0.408 e. The molecule has 33 heavy (non-hydrogen) atoms. The first-order chi connectivity index (χ1) is 15.3. The molecule has 0 radical (unpaired) electrons. The molecule has 1 aromatic carbocycles. The predicted octanol–water partition coefficient (Wildman–Crippen LogP) is 3.33. The number of phenolic OH excluding ortho intramolecular Hbond substituents is 1. The Labute approximate surface area is 200 Å². The van der Waals surface area contributed by atoms with Crippen LogP contribution in [0.25, 0.3) is 0 Å². The van der Waals surface area contributed by atoms with Crippen LogP contribution < -0.4 is 10.6 Å². The highest BCUT2D eigenvalue weighted by molar-refractivity contribution is 7.98. The molecule has 0 aliphatic rings. The lowest BCUT2D eigenvalue weighted by Gasteiger charge is -2.31. The number of carbonyl (C=O) groups is 3. The number of nitrogens with one attached hydrogen (secondary N) is 2. The van der Waals surface area contributed by atoms with E-state index in [0.717, 1.165) is 4.90 Å². The lowest BCUT2D eigenvalue weighted by atomic mass is 9.99. The second-order valence-electron chi connectivity index (χ2n) is 8.90. The Kier molecular flexibility index (Phi) is 10.6. The van der Waals surface area contributed by atoms with Crippen molar-refractivity contribution in [2.24, 2.45) is 0 Å². The Morgan fingerprint density at radius 3 is 2.39 bits per heavy atom. The largest absolute Gasteiger partial charge is 0.507 e. The van der Waals surface area contributed by atoms with E-state index in [9.17, 15) is 19.5 Å². The molecule has 182 valence electrons. The van der Waals surface area contributed by atoms with E-state index in [-0.39, 0.29) is 23.8 Å². The molecule has 8 nitrogen and oxygen atoms in total. The number of ether oxygens (including phenoxy) is 1. The van der Waals surface area contributed by atoms with Crippen molar-refractivity contribution in [2.45, 2.75) is 71.7 Å². The maximum atomic E-state index is 13.5. The summed E-state index contributed by atoms with van der Waals surface area (Å²) in [6, 6.07) is 4.65.